The number of halogens is 2. The predicted octanol–water partition coefficient (Wildman–Crippen LogP) is 3.90. The summed E-state index contributed by atoms with van der Waals surface area (Å²) in [6.45, 7) is 3.84. The molecule has 0 aliphatic rings. The van der Waals surface area contributed by atoms with Gasteiger partial charge in [0, 0.05) is 17.3 Å². The molecule has 0 spiro atoms. The lowest BCUT2D eigenvalue weighted by Crippen LogP contribution is -2.07. The predicted molar refractivity (Wildman–Crippen MR) is 80.6 cm³/mol. The van der Waals surface area contributed by atoms with Crippen LogP contribution < -0.4 is 0 Å². The summed E-state index contributed by atoms with van der Waals surface area (Å²) in [5.41, 5.74) is 3.43. The van der Waals surface area contributed by atoms with Gasteiger partial charge in [-0.2, -0.15) is 5.10 Å². The molecule has 0 aliphatic heterocycles. The number of hydrogen-bond donors (Lipinski definition) is 1. The third kappa shape index (κ3) is 2.27. The largest absolute Gasteiger partial charge is 0.392 e. The van der Waals surface area contributed by atoms with E-state index in [1.807, 2.05) is 26.0 Å². The van der Waals surface area contributed by atoms with E-state index in [9.17, 15) is 13.9 Å². The maximum absolute atomic E-state index is 13.5. The van der Waals surface area contributed by atoms with Crippen molar-refractivity contribution in [2.75, 3.05) is 0 Å². The Hall–Kier alpha value is -2.27. The Labute approximate surface area is 126 Å². The SMILES string of the molecule is CC(C)c1c(CO)c(-c2ccc(F)c(F)c2)nn2cccc12. The Morgan fingerprint density at radius 1 is 1.18 bits per heavy atom. The van der Waals surface area contributed by atoms with Gasteiger partial charge in [-0.15, -0.1) is 0 Å². The highest BCUT2D eigenvalue weighted by atomic mass is 19.2. The smallest absolute Gasteiger partial charge is 0.159 e. The number of rotatable bonds is 3. The van der Waals surface area contributed by atoms with Gasteiger partial charge >= 0.3 is 0 Å². The van der Waals surface area contributed by atoms with Gasteiger partial charge in [-0.1, -0.05) is 13.8 Å². The lowest BCUT2D eigenvalue weighted by atomic mass is 9.94. The fourth-order valence-corrected chi connectivity index (χ4v) is 2.80. The van der Waals surface area contributed by atoms with Crippen molar-refractivity contribution in [3.8, 4) is 11.3 Å². The molecule has 1 N–H and O–H groups in total. The molecule has 3 nitrogen and oxygen atoms in total. The van der Waals surface area contributed by atoms with Crippen LogP contribution in [-0.2, 0) is 6.61 Å². The molecule has 0 atom stereocenters. The van der Waals surface area contributed by atoms with Crippen LogP contribution in [0.25, 0.3) is 16.8 Å². The molecular weight excluding hydrogens is 286 g/mol. The van der Waals surface area contributed by atoms with E-state index in [4.69, 9.17) is 0 Å². The molecule has 0 saturated carbocycles. The Bertz CT molecular complexity index is 840. The lowest BCUT2D eigenvalue weighted by molar-refractivity contribution is 0.280. The third-order valence-corrected chi connectivity index (χ3v) is 3.75. The van der Waals surface area contributed by atoms with E-state index < -0.39 is 11.6 Å². The fourth-order valence-electron chi connectivity index (χ4n) is 2.80. The van der Waals surface area contributed by atoms with E-state index in [1.54, 1.807) is 10.7 Å². The van der Waals surface area contributed by atoms with Gasteiger partial charge in [0.2, 0.25) is 0 Å². The quantitative estimate of drug-likeness (QED) is 0.797. The molecule has 0 fully saturated rings. The minimum atomic E-state index is -0.929. The van der Waals surface area contributed by atoms with Crippen LogP contribution in [0, 0.1) is 11.6 Å². The molecule has 0 unspecified atom stereocenters. The van der Waals surface area contributed by atoms with Crippen LogP contribution in [0.5, 0.6) is 0 Å². The van der Waals surface area contributed by atoms with Crippen LogP contribution in [0.2, 0.25) is 0 Å². The Morgan fingerprint density at radius 3 is 2.59 bits per heavy atom. The minimum Gasteiger partial charge on any atom is -0.392 e. The molecule has 3 aromatic rings. The van der Waals surface area contributed by atoms with E-state index in [2.05, 4.69) is 5.10 Å². The molecule has 2 aromatic heterocycles. The van der Waals surface area contributed by atoms with Gasteiger partial charge in [-0.25, -0.2) is 13.3 Å². The highest BCUT2D eigenvalue weighted by molar-refractivity contribution is 5.70. The van der Waals surface area contributed by atoms with Crippen molar-refractivity contribution < 1.29 is 13.9 Å². The van der Waals surface area contributed by atoms with E-state index in [-0.39, 0.29) is 12.5 Å². The van der Waals surface area contributed by atoms with Crippen molar-refractivity contribution in [2.45, 2.75) is 26.4 Å². The number of aliphatic hydroxyl groups excluding tert-OH is 1. The number of fused-ring (bicyclic) bond motifs is 1. The van der Waals surface area contributed by atoms with Gasteiger partial charge in [0.05, 0.1) is 17.8 Å². The zero-order valence-corrected chi connectivity index (χ0v) is 12.3. The van der Waals surface area contributed by atoms with Crippen molar-refractivity contribution in [3.63, 3.8) is 0 Å². The first-order valence-corrected chi connectivity index (χ1v) is 7.09. The van der Waals surface area contributed by atoms with Gasteiger partial charge in [0.1, 0.15) is 0 Å². The number of aromatic nitrogens is 2. The topological polar surface area (TPSA) is 37.5 Å². The summed E-state index contributed by atoms with van der Waals surface area (Å²) in [6.07, 6.45) is 1.80. The summed E-state index contributed by atoms with van der Waals surface area (Å²) in [4.78, 5) is 0. The van der Waals surface area contributed by atoms with Gasteiger partial charge in [-0.05, 0) is 41.8 Å². The van der Waals surface area contributed by atoms with Crippen molar-refractivity contribution >= 4 is 5.52 Å². The van der Waals surface area contributed by atoms with E-state index >= 15 is 0 Å². The molecule has 0 bridgehead atoms. The molecule has 0 amide bonds. The van der Waals surface area contributed by atoms with Gasteiger partial charge < -0.3 is 5.11 Å². The van der Waals surface area contributed by atoms with Crippen LogP contribution in [0.1, 0.15) is 30.9 Å². The highest BCUT2D eigenvalue weighted by Crippen LogP contribution is 2.32. The first-order chi connectivity index (χ1) is 10.5. The monoisotopic (exact) mass is 302 g/mol. The summed E-state index contributed by atoms with van der Waals surface area (Å²) in [5.74, 6) is -1.67. The van der Waals surface area contributed by atoms with Gasteiger partial charge in [-0.3, -0.25) is 0 Å². The Morgan fingerprint density at radius 2 is 1.95 bits per heavy atom. The molecule has 5 heteroatoms. The van der Waals surface area contributed by atoms with Crippen LogP contribution in [0.4, 0.5) is 8.78 Å². The average Bonchev–Trinajstić information content (AvgIpc) is 2.95. The molecule has 2 heterocycles. The van der Waals surface area contributed by atoms with Gasteiger partial charge in [0.15, 0.2) is 11.6 Å². The maximum atomic E-state index is 13.5. The van der Waals surface area contributed by atoms with E-state index in [0.29, 0.717) is 16.8 Å². The van der Waals surface area contributed by atoms with Crippen LogP contribution >= 0.6 is 0 Å². The number of hydrogen-bond acceptors (Lipinski definition) is 2. The maximum Gasteiger partial charge on any atom is 0.159 e. The standard InChI is InChI=1S/C17H16F2N2O/c1-10(2)16-12(9-22)17(20-21-7-3-4-15(16)21)11-5-6-13(18)14(19)8-11/h3-8,10,22H,9H2,1-2H3. The second kappa shape index (κ2) is 5.50. The first kappa shape index (κ1) is 14.7. The first-order valence-electron chi connectivity index (χ1n) is 7.09. The molecule has 1 aromatic carbocycles. The van der Waals surface area contributed by atoms with Crippen LogP contribution in [-0.4, -0.2) is 14.7 Å². The van der Waals surface area contributed by atoms with E-state index in [1.165, 1.54) is 6.07 Å². The summed E-state index contributed by atoms with van der Waals surface area (Å²) >= 11 is 0. The molecule has 114 valence electrons. The van der Waals surface area contributed by atoms with Crippen molar-refractivity contribution in [1.29, 1.82) is 0 Å². The second-order valence-corrected chi connectivity index (χ2v) is 5.52. The zero-order chi connectivity index (χ0) is 15.9. The molecule has 3 rings (SSSR count). The zero-order valence-electron chi connectivity index (χ0n) is 12.3. The molecule has 0 radical (unpaired) electrons. The third-order valence-electron chi connectivity index (χ3n) is 3.75. The molecular formula is C17H16F2N2O. The Kier molecular flexibility index (Phi) is 3.66. The molecule has 22 heavy (non-hydrogen) atoms. The summed E-state index contributed by atoms with van der Waals surface area (Å²) < 4.78 is 28.4. The average molecular weight is 302 g/mol. The fraction of sp³-hybridized carbons (Fsp3) is 0.235. The summed E-state index contributed by atoms with van der Waals surface area (Å²) in [6, 6.07) is 7.44. The van der Waals surface area contributed by atoms with Crippen LogP contribution in [0.3, 0.4) is 0 Å². The highest BCUT2D eigenvalue weighted by Gasteiger charge is 2.19. The molecule has 0 aliphatic carbocycles. The summed E-state index contributed by atoms with van der Waals surface area (Å²) in [7, 11) is 0. The second-order valence-electron chi connectivity index (χ2n) is 5.52. The number of aliphatic hydroxyl groups is 1. The lowest BCUT2D eigenvalue weighted by Gasteiger charge is -2.17. The van der Waals surface area contributed by atoms with Crippen molar-refractivity contribution in [3.05, 3.63) is 59.3 Å². The summed E-state index contributed by atoms with van der Waals surface area (Å²) in [5, 5.41) is 14.3. The van der Waals surface area contributed by atoms with Crippen molar-refractivity contribution in [1.82, 2.24) is 9.61 Å². The normalized spacial score (nSPS) is 11.5. The molecule has 0 saturated heterocycles. The Balaban J connectivity index is 2.35. The number of nitrogens with zero attached hydrogens (tertiary/aromatic N) is 2. The van der Waals surface area contributed by atoms with Gasteiger partial charge in [0.25, 0.3) is 0 Å². The number of benzene rings is 1. The van der Waals surface area contributed by atoms with E-state index in [0.717, 1.165) is 23.2 Å². The minimum absolute atomic E-state index is 0.159. The van der Waals surface area contributed by atoms with Crippen molar-refractivity contribution in [2.24, 2.45) is 0 Å². The van der Waals surface area contributed by atoms with Crippen LogP contribution in [0.15, 0.2) is 36.5 Å².